The van der Waals surface area contributed by atoms with Crippen molar-refractivity contribution in [2.24, 2.45) is 0 Å². The van der Waals surface area contributed by atoms with Crippen LogP contribution in [-0.4, -0.2) is 12.2 Å². The summed E-state index contributed by atoms with van der Waals surface area (Å²) in [7, 11) is 0. The van der Waals surface area contributed by atoms with Crippen molar-refractivity contribution in [3.8, 4) is 0 Å². The van der Waals surface area contributed by atoms with Crippen molar-refractivity contribution in [1.29, 1.82) is 0 Å². The highest BCUT2D eigenvalue weighted by Gasteiger charge is 2.31. The lowest BCUT2D eigenvalue weighted by atomic mass is 10.0. The Morgan fingerprint density at radius 2 is 2.23 bits per heavy atom. The molecule has 3 nitrogen and oxygen atoms in total. The van der Waals surface area contributed by atoms with E-state index in [9.17, 15) is 9.59 Å². The highest BCUT2D eigenvalue weighted by Crippen LogP contribution is 2.36. The van der Waals surface area contributed by atoms with Gasteiger partial charge in [0.1, 0.15) is 12.2 Å². The van der Waals surface area contributed by atoms with Crippen LogP contribution in [0, 0.1) is 0 Å². The molecule has 1 aliphatic heterocycles. The summed E-state index contributed by atoms with van der Waals surface area (Å²) >= 11 is 5.86. The number of carbonyl (C=O) groups is 2. The number of benzene rings is 1. The number of fused-ring (bicyclic) bond motifs is 1. The van der Waals surface area contributed by atoms with Crippen molar-refractivity contribution in [3.63, 3.8) is 0 Å². The molecular weight excluding hydrogens is 190 g/mol. The number of rotatable bonds is 1. The predicted octanol–water partition coefficient (Wildman–Crippen LogP) is 1.57. The van der Waals surface area contributed by atoms with Gasteiger partial charge in [-0.3, -0.25) is 4.79 Å². The lowest BCUT2D eigenvalue weighted by Gasteiger charge is -2.01. The van der Waals surface area contributed by atoms with Crippen LogP contribution in [0.5, 0.6) is 0 Å². The van der Waals surface area contributed by atoms with Crippen LogP contribution < -0.4 is 5.32 Å². The summed E-state index contributed by atoms with van der Waals surface area (Å²) in [6, 6.07) is 5.12. The first-order valence-corrected chi connectivity index (χ1v) is 4.16. The third-order valence-electron chi connectivity index (χ3n) is 2.04. The van der Waals surface area contributed by atoms with Crippen LogP contribution >= 0.6 is 11.6 Å². The maximum Gasteiger partial charge on any atom is 0.239 e. The van der Waals surface area contributed by atoms with Crippen LogP contribution in [0.2, 0.25) is 5.02 Å². The molecule has 0 spiro atoms. The molecule has 1 atom stereocenters. The monoisotopic (exact) mass is 195 g/mol. The average molecular weight is 196 g/mol. The Morgan fingerprint density at radius 3 is 2.92 bits per heavy atom. The second kappa shape index (κ2) is 2.85. The smallest absolute Gasteiger partial charge is 0.239 e. The van der Waals surface area contributed by atoms with Crippen LogP contribution in [0.25, 0.3) is 0 Å². The van der Waals surface area contributed by atoms with Gasteiger partial charge < -0.3 is 10.1 Å². The van der Waals surface area contributed by atoms with E-state index in [0.29, 0.717) is 22.6 Å². The van der Waals surface area contributed by atoms with E-state index in [2.05, 4.69) is 5.32 Å². The van der Waals surface area contributed by atoms with E-state index in [0.717, 1.165) is 0 Å². The van der Waals surface area contributed by atoms with Crippen molar-refractivity contribution in [3.05, 3.63) is 28.8 Å². The minimum Gasteiger partial charge on any atom is -0.325 e. The number of aldehydes is 1. The van der Waals surface area contributed by atoms with Crippen molar-refractivity contribution in [1.82, 2.24) is 0 Å². The van der Waals surface area contributed by atoms with Crippen LogP contribution in [0.3, 0.4) is 0 Å². The van der Waals surface area contributed by atoms with Crippen LogP contribution in [-0.2, 0) is 9.59 Å². The van der Waals surface area contributed by atoms with Gasteiger partial charge in [0.05, 0.1) is 0 Å². The lowest BCUT2D eigenvalue weighted by molar-refractivity contribution is -0.121. The molecule has 0 aliphatic carbocycles. The largest absolute Gasteiger partial charge is 0.325 e. The fraction of sp³-hybridized carbons (Fsp3) is 0.111. The average Bonchev–Trinajstić information content (AvgIpc) is 2.42. The molecule has 0 saturated heterocycles. The SMILES string of the molecule is O=CC1C(=O)Nc2cccc(Cl)c21. The van der Waals surface area contributed by atoms with Crippen molar-refractivity contribution in [2.75, 3.05) is 5.32 Å². The Balaban J connectivity index is 2.62. The van der Waals surface area contributed by atoms with E-state index >= 15 is 0 Å². The minimum absolute atomic E-state index is 0.307. The zero-order valence-electron chi connectivity index (χ0n) is 6.58. The van der Waals surface area contributed by atoms with Gasteiger partial charge in [0.2, 0.25) is 5.91 Å². The molecule has 4 heteroatoms. The van der Waals surface area contributed by atoms with Crippen molar-refractivity contribution >= 4 is 29.5 Å². The molecule has 1 amide bonds. The molecule has 1 aromatic carbocycles. The van der Waals surface area contributed by atoms with Crippen molar-refractivity contribution in [2.45, 2.75) is 5.92 Å². The summed E-state index contributed by atoms with van der Waals surface area (Å²) in [5.41, 5.74) is 1.22. The molecule has 1 aliphatic rings. The fourth-order valence-corrected chi connectivity index (χ4v) is 1.73. The third kappa shape index (κ3) is 1.12. The van der Waals surface area contributed by atoms with Gasteiger partial charge in [0, 0.05) is 16.3 Å². The first-order chi connectivity index (χ1) is 6.24. The first-order valence-electron chi connectivity index (χ1n) is 3.78. The highest BCUT2D eigenvalue weighted by atomic mass is 35.5. The van der Waals surface area contributed by atoms with Gasteiger partial charge in [0.25, 0.3) is 0 Å². The summed E-state index contributed by atoms with van der Waals surface area (Å²) in [6.45, 7) is 0. The Labute approximate surface area is 79.7 Å². The Bertz CT molecular complexity index is 389. The third-order valence-corrected chi connectivity index (χ3v) is 2.37. The van der Waals surface area contributed by atoms with Crippen LogP contribution in [0.4, 0.5) is 5.69 Å². The van der Waals surface area contributed by atoms with Crippen molar-refractivity contribution < 1.29 is 9.59 Å². The van der Waals surface area contributed by atoms with E-state index in [-0.39, 0.29) is 5.91 Å². The van der Waals surface area contributed by atoms with E-state index in [1.807, 2.05) is 0 Å². The molecule has 1 aromatic rings. The zero-order chi connectivity index (χ0) is 9.42. The number of amides is 1. The lowest BCUT2D eigenvalue weighted by Crippen LogP contribution is -2.12. The van der Waals surface area contributed by atoms with E-state index in [1.54, 1.807) is 18.2 Å². The maximum atomic E-state index is 11.2. The first kappa shape index (κ1) is 8.26. The topological polar surface area (TPSA) is 46.2 Å². The summed E-state index contributed by atoms with van der Waals surface area (Å²) < 4.78 is 0. The van der Waals surface area contributed by atoms with E-state index in [4.69, 9.17) is 11.6 Å². The molecule has 1 unspecified atom stereocenters. The Morgan fingerprint density at radius 1 is 1.46 bits per heavy atom. The quantitative estimate of drug-likeness (QED) is 0.546. The molecule has 66 valence electrons. The standard InChI is InChI=1S/C9H6ClNO2/c10-6-2-1-3-7-8(6)5(4-12)9(13)11-7/h1-5H,(H,11,13). The molecule has 0 bridgehead atoms. The van der Waals surface area contributed by atoms with Crippen LogP contribution in [0.15, 0.2) is 18.2 Å². The Kier molecular flexibility index (Phi) is 1.81. The highest BCUT2D eigenvalue weighted by molar-refractivity contribution is 6.33. The molecule has 13 heavy (non-hydrogen) atoms. The summed E-state index contributed by atoms with van der Waals surface area (Å²) in [4.78, 5) is 21.8. The number of carbonyl (C=O) groups excluding carboxylic acids is 2. The molecule has 1 N–H and O–H groups in total. The fourth-order valence-electron chi connectivity index (χ4n) is 1.43. The van der Waals surface area contributed by atoms with Gasteiger partial charge in [-0.15, -0.1) is 0 Å². The molecule has 1 heterocycles. The van der Waals surface area contributed by atoms with Gasteiger partial charge in [-0.05, 0) is 12.1 Å². The zero-order valence-corrected chi connectivity index (χ0v) is 7.34. The minimum atomic E-state index is -0.747. The van der Waals surface area contributed by atoms with Gasteiger partial charge in [0.15, 0.2) is 0 Å². The molecular formula is C9H6ClNO2. The summed E-state index contributed by atoms with van der Waals surface area (Å²) in [5.74, 6) is -1.05. The number of hydrogen-bond donors (Lipinski definition) is 1. The van der Waals surface area contributed by atoms with E-state index in [1.165, 1.54) is 0 Å². The maximum absolute atomic E-state index is 11.2. The van der Waals surface area contributed by atoms with Gasteiger partial charge in [-0.2, -0.15) is 0 Å². The number of hydrogen-bond acceptors (Lipinski definition) is 2. The van der Waals surface area contributed by atoms with Gasteiger partial charge in [-0.1, -0.05) is 17.7 Å². The van der Waals surface area contributed by atoms with Gasteiger partial charge in [-0.25, -0.2) is 0 Å². The van der Waals surface area contributed by atoms with Gasteiger partial charge >= 0.3 is 0 Å². The molecule has 0 fully saturated rings. The number of halogens is 1. The molecule has 2 rings (SSSR count). The van der Waals surface area contributed by atoms with E-state index < -0.39 is 5.92 Å². The molecule has 0 radical (unpaired) electrons. The van der Waals surface area contributed by atoms with Crippen LogP contribution in [0.1, 0.15) is 11.5 Å². The predicted molar refractivity (Wildman–Crippen MR) is 48.9 cm³/mol. The number of nitrogens with one attached hydrogen (secondary N) is 1. The summed E-state index contributed by atoms with van der Waals surface area (Å²) in [5, 5.41) is 3.04. The summed E-state index contributed by atoms with van der Waals surface area (Å²) in [6.07, 6.45) is 0.604. The normalized spacial score (nSPS) is 19.5. The molecule has 0 saturated carbocycles. The second-order valence-electron chi connectivity index (χ2n) is 2.80. The molecule has 0 aromatic heterocycles. The Hall–Kier alpha value is -1.35. The second-order valence-corrected chi connectivity index (χ2v) is 3.21. The number of anilines is 1.